The predicted molar refractivity (Wildman–Crippen MR) is 124 cm³/mol. The molecule has 1 saturated heterocycles. The number of carbonyl (C=O) groups is 1. The largest absolute Gasteiger partial charge is 0.336 e. The maximum Gasteiger partial charge on any atom is 0.253 e. The lowest BCUT2D eigenvalue weighted by Crippen LogP contribution is -2.48. The molecule has 3 rings (SSSR count). The number of carbonyl (C=O) groups excluding carboxylic acids is 1. The van der Waals surface area contributed by atoms with E-state index in [1.54, 1.807) is 31.7 Å². The minimum atomic E-state index is -3.84. The molecule has 1 heterocycles. The van der Waals surface area contributed by atoms with Crippen LogP contribution < -0.4 is 4.72 Å². The highest BCUT2D eigenvalue weighted by molar-refractivity contribution is 7.89. The Hall–Kier alpha value is -1.93. The molecule has 0 atom stereocenters. The van der Waals surface area contributed by atoms with E-state index in [9.17, 15) is 13.2 Å². The number of amides is 1. The molecule has 6 nitrogen and oxygen atoms in total. The first-order valence-electron chi connectivity index (χ1n) is 10.4. The Bertz CT molecular complexity index is 1060. The first kappa shape index (κ1) is 23.7. The Morgan fingerprint density at radius 1 is 1.06 bits per heavy atom. The molecule has 1 fully saturated rings. The zero-order valence-corrected chi connectivity index (χ0v) is 20.1. The number of aryl methyl sites for hydroxylation is 1. The van der Waals surface area contributed by atoms with Gasteiger partial charge in [0.15, 0.2) is 0 Å². The fourth-order valence-electron chi connectivity index (χ4n) is 3.62. The van der Waals surface area contributed by atoms with Crippen LogP contribution in [-0.4, -0.2) is 55.8 Å². The molecule has 2 aromatic carbocycles. The monoisotopic (exact) mass is 463 g/mol. The molecule has 0 unspecified atom stereocenters. The Kier molecular flexibility index (Phi) is 7.11. The number of sulfonamides is 1. The molecule has 8 heteroatoms. The second kappa shape index (κ2) is 9.28. The zero-order chi connectivity index (χ0) is 22.8. The van der Waals surface area contributed by atoms with Gasteiger partial charge in [0.2, 0.25) is 10.0 Å². The predicted octanol–water partition coefficient (Wildman–Crippen LogP) is 3.68. The highest BCUT2D eigenvalue weighted by Gasteiger charge is 2.27. The molecule has 31 heavy (non-hydrogen) atoms. The van der Waals surface area contributed by atoms with Crippen LogP contribution in [0.4, 0.5) is 0 Å². The lowest BCUT2D eigenvalue weighted by Gasteiger charge is -2.35. The standard InChI is InChI=1S/C23H30ClN3O3S/c1-17-7-5-6-8-19(17)16-26-11-13-27(14-12-26)22(28)18-9-10-20(24)21(15-18)31(29,30)25-23(2,3)4/h5-10,15,25H,11-14,16H2,1-4H3. The van der Waals surface area contributed by atoms with E-state index in [0.29, 0.717) is 18.7 Å². The minimum Gasteiger partial charge on any atom is -0.336 e. The van der Waals surface area contributed by atoms with Gasteiger partial charge >= 0.3 is 0 Å². The molecule has 0 aliphatic carbocycles. The van der Waals surface area contributed by atoms with E-state index in [4.69, 9.17) is 11.6 Å². The first-order valence-corrected chi connectivity index (χ1v) is 12.2. The van der Waals surface area contributed by atoms with Crippen LogP contribution in [-0.2, 0) is 16.6 Å². The number of halogens is 1. The third kappa shape index (κ3) is 6.07. The highest BCUT2D eigenvalue weighted by atomic mass is 35.5. The summed E-state index contributed by atoms with van der Waals surface area (Å²) in [6, 6.07) is 12.7. The fourth-order valence-corrected chi connectivity index (χ4v) is 5.57. The minimum absolute atomic E-state index is 0.0758. The molecule has 1 aliphatic heterocycles. The average molecular weight is 464 g/mol. The molecule has 0 aromatic heterocycles. The van der Waals surface area contributed by atoms with Crippen LogP contribution in [0.5, 0.6) is 0 Å². The fraction of sp³-hybridized carbons (Fsp3) is 0.435. The summed E-state index contributed by atoms with van der Waals surface area (Å²) in [5, 5.41) is 0.0938. The van der Waals surface area contributed by atoms with E-state index >= 15 is 0 Å². The number of hydrogen-bond acceptors (Lipinski definition) is 4. The Balaban J connectivity index is 1.69. The van der Waals surface area contributed by atoms with Crippen molar-refractivity contribution in [1.29, 1.82) is 0 Å². The van der Waals surface area contributed by atoms with Gasteiger partial charge in [-0.15, -0.1) is 0 Å². The third-order valence-corrected chi connectivity index (χ3v) is 7.46. The summed E-state index contributed by atoms with van der Waals surface area (Å²) in [7, 11) is -3.84. The quantitative estimate of drug-likeness (QED) is 0.734. The van der Waals surface area contributed by atoms with Gasteiger partial charge in [-0.05, 0) is 57.0 Å². The smallest absolute Gasteiger partial charge is 0.253 e. The number of nitrogens with one attached hydrogen (secondary N) is 1. The Morgan fingerprint density at radius 3 is 2.32 bits per heavy atom. The van der Waals surface area contributed by atoms with E-state index in [0.717, 1.165) is 19.6 Å². The van der Waals surface area contributed by atoms with E-state index in [1.807, 2.05) is 12.1 Å². The number of rotatable bonds is 5. The Morgan fingerprint density at radius 2 is 1.71 bits per heavy atom. The van der Waals surface area contributed by atoms with Crippen molar-refractivity contribution in [3.8, 4) is 0 Å². The second-order valence-corrected chi connectivity index (χ2v) is 11.1. The van der Waals surface area contributed by atoms with Crippen LogP contribution >= 0.6 is 11.6 Å². The normalized spacial score (nSPS) is 15.8. The topological polar surface area (TPSA) is 69.7 Å². The van der Waals surface area contributed by atoms with Gasteiger partial charge in [-0.25, -0.2) is 13.1 Å². The van der Waals surface area contributed by atoms with Crippen molar-refractivity contribution in [3.05, 3.63) is 64.2 Å². The molecular formula is C23H30ClN3O3S. The molecule has 1 N–H and O–H groups in total. The number of benzene rings is 2. The maximum atomic E-state index is 13.0. The summed E-state index contributed by atoms with van der Waals surface area (Å²) in [6.07, 6.45) is 0. The zero-order valence-electron chi connectivity index (χ0n) is 18.5. The van der Waals surface area contributed by atoms with Crippen molar-refractivity contribution < 1.29 is 13.2 Å². The van der Waals surface area contributed by atoms with Gasteiger partial charge in [0.05, 0.1) is 5.02 Å². The van der Waals surface area contributed by atoms with E-state index in [2.05, 4.69) is 28.7 Å². The third-order valence-electron chi connectivity index (χ3n) is 5.22. The van der Waals surface area contributed by atoms with Gasteiger partial charge in [0, 0.05) is 43.8 Å². The molecule has 1 amide bonds. The molecular weight excluding hydrogens is 434 g/mol. The van der Waals surface area contributed by atoms with Crippen molar-refractivity contribution in [1.82, 2.24) is 14.5 Å². The summed E-state index contributed by atoms with van der Waals surface area (Å²) >= 11 is 6.16. The summed E-state index contributed by atoms with van der Waals surface area (Å²) in [5.74, 6) is -0.181. The van der Waals surface area contributed by atoms with Crippen molar-refractivity contribution in [3.63, 3.8) is 0 Å². The SMILES string of the molecule is Cc1ccccc1CN1CCN(C(=O)c2ccc(Cl)c(S(=O)(=O)NC(C)(C)C)c2)CC1. The highest BCUT2D eigenvalue weighted by Crippen LogP contribution is 2.25. The van der Waals surface area contributed by atoms with Crippen LogP contribution in [0.1, 0.15) is 42.3 Å². The average Bonchev–Trinajstić information content (AvgIpc) is 2.68. The van der Waals surface area contributed by atoms with Gasteiger partial charge < -0.3 is 4.90 Å². The van der Waals surface area contributed by atoms with Gasteiger partial charge in [-0.1, -0.05) is 35.9 Å². The van der Waals surface area contributed by atoms with Crippen LogP contribution in [0.25, 0.3) is 0 Å². The summed E-state index contributed by atoms with van der Waals surface area (Å²) in [6.45, 7) is 10.9. The van der Waals surface area contributed by atoms with Crippen LogP contribution in [0.3, 0.4) is 0 Å². The number of piperazine rings is 1. The Labute approximate surface area is 190 Å². The molecule has 1 aliphatic rings. The summed E-state index contributed by atoms with van der Waals surface area (Å²) < 4.78 is 28.1. The molecule has 168 valence electrons. The van der Waals surface area contributed by atoms with E-state index in [-0.39, 0.29) is 15.8 Å². The molecule has 2 aromatic rings. The van der Waals surface area contributed by atoms with Crippen LogP contribution in [0, 0.1) is 6.92 Å². The summed E-state index contributed by atoms with van der Waals surface area (Å²) in [5.41, 5.74) is 2.22. The molecule has 0 spiro atoms. The lowest BCUT2D eigenvalue weighted by atomic mass is 10.1. The van der Waals surface area contributed by atoms with Crippen molar-refractivity contribution >= 4 is 27.5 Å². The maximum absolute atomic E-state index is 13.0. The van der Waals surface area contributed by atoms with Crippen LogP contribution in [0.2, 0.25) is 5.02 Å². The first-order chi connectivity index (χ1) is 14.5. The van der Waals surface area contributed by atoms with Gasteiger partial charge in [0.25, 0.3) is 5.91 Å². The summed E-state index contributed by atoms with van der Waals surface area (Å²) in [4.78, 5) is 17.1. The van der Waals surface area contributed by atoms with Gasteiger partial charge in [-0.2, -0.15) is 0 Å². The number of nitrogens with zero attached hydrogens (tertiary/aromatic N) is 2. The van der Waals surface area contributed by atoms with Gasteiger partial charge in [0.1, 0.15) is 4.90 Å². The van der Waals surface area contributed by atoms with Gasteiger partial charge in [-0.3, -0.25) is 9.69 Å². The molecule has 0 bridgehead atoms. The molecule has 0 radical (unpaired) electrons. The van der Waals surface area contributed by atoms with E-state index < -0.39 is 15.6 Å². The van der Waals surface area contributed by atoms with E-state index in [1.165, 1.54) is 23.3 Å². The molecule has 0 saturated carbocycles. The lowest BCUT2D eigenvalue weighted by molar-refractivity contribution is 0.0628. The van der Waals surface area contributed by atoms with Crippen LogP contribution in [0.15, 0.2) is 47.4 Å². The second-order valence-electron chi connectivity index (χ2n) is 9.00. The van der Waals surface area contributed by atoms with Crippen molar-refractivity contribution in [2.75, 3.05) is 26.2 Å². The number of hydrogen-bond donors (Lipinski definition) is 1. The van der Waals surface area contributed by atoms with Crippen molar-refractivity contribution in [2.45, 2.75) is 44.7 Å². The van der Waals surface area contributed by atoms with Crippen molar-refractivity contribution in [2.24, 2.45) is 0 Å².